The average molecular weight is 341 g/mol. The number of carbonyl (C=O) groups excluding carboxylic acids is 1. The predicted octanol–water partition coefficient (Wildman–Crippen LogP) is 4.22. The van der Waals surface area contributed by atoms with Crippen molar-refractivity contribution in [1.82, 2.24) is 4.98 Å². The van der Waals surface area contributed by atoms with Crippen LogP contribution in [0.1, 0.15) is 28.9 Å². The minimum atomic E-state index is -0.573. The highest BCUT2D eigenvalue weighted by Crippen LogP contribution is 2.32. The maximum Gasteiger partial charge on any atom is 0.255 e. The van der Waals surface area contributed by atoms with Crippen LogP contribution < -0.4 is 11.1 Å². The Morgan fingerprint density at radius 3 is 2.83 bits per heavy atom. The first kappa shape index (κ1) is 16.3. The maximum atomic E-state index is 13.6. The topological polar surface area (TPSA) is 68.0 Å². The molecule has 0 aliphatic heterocycles. The summed E-state index contributed by atoms with van der Waals surface area (Å²) in [7, 11) is 0. The molecule has 0 radical (unpaired) electrons. The summed E-state index contributed by atoms with van der Waals surface area (Å²) < 4.78 is 13.6. The first-order valence-electron chi connectivity index (χ1n) is 7.40. The molecular weight excluding hydrogens is 325 g/mol. The summed E-state index contributed by atoms with van der Waals surface area (Å²) in [5, 5.41) is 4.54. The van der Waals surface area contributed by atoms with Crippen molar-refractivity contribution in [3.8, 4) is 10.4 Å². The van der Waals surface area contributed by atoms with Crippen LogP contribution in [0.25, 0.3) is 10.4 Å². The number of benzene rings is 1. The Bertz CT molecular complexity index is 862. The molecule has 0 saturated carbocycles. The second kappa shape index (κ2) is 6.90. The number of nitrogens with one attached hydrogen (secondary N) is 1. The van der Waals surface area contributed by atoms with Gasteiger partial charge in [-0.15, -0.1) is 11.3 Å². The van der Waals surface area contributed by atoms with Crippen LogP contribution in [0.15, 0.2) is 54.2 Å². The summed E-state index contributed by atoms with van der Waals surface area (Å²) in [5.41, 5.74) is 8.46. The quantitative estimate of drug-likeness (QED) is 0.746. The van der Waals surface area contributed by atoms with Gasteiger partial charge < -0.3 is 11.1 Å². The third-order valence-electron chi connectivity index (χ3n) is 3.61. The smallest absolute Gasteiger partial charge is 0.255 e. The van der Waals surface area contributed by atoms with Crippen molar-refractivity contribution in [3.05, 3.63) is 71.1 Å². The number of amides is 1. The third kappa shape index (κ3) is 3.34. The molecule has 3 aromatic rings. The van der Waals surface area contributed by atoms with E-state index in [-0.39, 0.29) is 17.6 Å². The molecule has 1 aromatic carbocycles. The maximum absolute atomic E-state index is 13.6. The van der Waals surface area contributed by atoms with E-state index in [0.29, 0.717) is 5.56 Å². The predicted molar refractivity (Wildman–Crippen MR) is 94.5 cm³/mol. The fourth-order valence-corrected chi connectivity index (χ4v) is 3.18. The number of carbonyl (C=O) groups is 1. The van der Waals surface area contributed by atoms with E-state index in [1.165, 1.54) is 12.3 Å². The Morgan fingerprint density at radius 1 is 1.33 bits per heavy atom. The molecule has 1 atom stereocenters. The summed E-state index contributed by atoms with van der Waals surface area (Å²) in [4.78, 5) is 17.1. The normalized spacial score (nSPS) is 12.0. The Morgan fingerprint density at radius 2 is 2.17 bits per heavy atom. The number of thiophene rings is 1. The molecule has 122 valence electrons. The molecule has 0 aliphatic rings. The van der Waals surface area contributed by atoms with Gasteiger partial charge in [-0.05, 0) is 47.7 Å². The number of nitrogens with zero attached hydrogens (tertiary/aromatic N) is 1. The molecular formula is C18H16FN3OS. The van der Waals surface area contributed by atoms with Crippen LogP contribution >= 0.6 is 11.3 Å². The molecule has 6 heteroatoms. The molecule has 3 N–H and O–H groups in total. The molecule has 2 heterocycles. The largest absolute Gasteiger partial charge is 0.324 e. The first-order chi connectivity index (χ1) is 11.6. The summed E-state index contributed by atoms with van der Waals surface area (Å²) >= 11 is 1.58. The highest BCUT2D eigenvalue weighted by atomic mass is 32.1. The number of rotatable bonds is 4. The lowest BCUT2D eigenvalue weighted by atomic mass is 9.98. The highest BCUT2D eigenvalue weighted by molar-refractivity contribution is 7.13. The number of hydrogen-bond donors (Lipinski definition) is 2. The van der Waals surface area contributed by atoms with Crippen molar-refractivity contribution in [2.24, 2.45) is 5.73 Å². The number of aromatic nitrogens is 1. The van der Waals surface area contributed by atoms with E-state index in [4.69, 9.17) is 5.73 Å². The van der Waals surface area contributed by atoms with Crippen LogP contribution in [0.3, 0.4) is 0 Å². The van der Waals surface area contributed by atoms with Crippen LogP contribution in [-0.4, -0.2) is 10.9 Å². The van der Waals surface area contributed by atoms with Crippen LogP contribution in [0.4, 0.5) is 10.1 Å². The monoisotopic (exact) mass is 341 g/mol. The van der Waals surface area contributed by atoms with E-state index in [9.17, 15) is 9.18 Å². The van der Waals surface area contributed by atoms with E-state index in [2.05, 4.69) is 10.3 Å². The van der Waals surface area contributed by atoms with Gasteiger partial charge in [0.15, 0.2) is 5.82 Å². The van der Waals surface area contributed by atoms with Crippen LogP contribution in [0.5, 0.6) is 0 Å². The molecule has 24 heavy (non-hydrogen) atoms. The summed E-state index contributed by atoms with van der Waals surface area (Å²) in [6.45, 7) is 1.90. The van der Waals surface area contributed by atoms with Crippen LogP contribution in [0, 0.1) is 5.82 Å². The molecule has 0 bridgehead atoms. The van der Waals surface area contributed by atoms with Crippen molar-refractivity contribution in [2.45, 2.75) is 13.0 Å². The molecule has 1 amide bonds. The zero-order valence-electron chi connectivity index (χ0n) is 13.0. The molecule has 0 aliphatic carbocycles. The second-order valence-corrected chi connectivity index (χ2v) is 6.33. The minimum Gasteiger partial charge on any atom is -0.324 e. The van der Waals surface area contributed by atoms with Crippen molar-refractivity contribution in [1.29, 1.82) is 0 Å². The second-order valence-electron chi connectivity index (χ2n) is 5.38. The summed E-state index contributed by atoms with van der Waals surface area (Å²) in [6.07, 6.45) is 2.49. The Hall–Kier alpha value is -2.57. The third-order valence-corrected chi connectivity index (χ3v) is 4.52. The lowest BCUT2D eigenvalue weighted by Gasteiger charge is -2.14. The molecule has 0 saturated heterocycles. The zero-order valence-corrected chi connectivity index (χ0v) is 13.8. The lowest BCUT2D eigenvalue weighted by molar-refractivity contribution is 0.102. The van der Waals surface area contributed by atoms with Gasteiger partial charge in [0.1, 0.15) is 0 Å². The minimum absolute atomic E-state index is 0.101. The van der Waals surface area contributed by atoms with Gasteiger partial charge >= 0.3 is 0 Å². The van der Waals surface area contributed by atoms with Gasteiger partial charge in [0.05, 0.1) is 11.9 Å². The van der Waals surface area contributed by atoms with Gasteiger partial charge in [0.2, 0.25) is 0 Å². The lowest BCUT2D eigenvalue weighted by Crippen LogP contribution is -2.14. The van der Waals surface area contributed by atoms with Crippen molar-refractivity contribution < 1.29 is 9.18 Å². The number of pyridine rings is 1. The number of anilines is 1. The molecule has 0 spiro atoms. The van der Waals surface area contributed by atoms with Crippen molar-refractivity contribution in [2.75, 3.05) is 5.32 Å². The first-order valence-corrected chi connectivity index (χ1v) is 8.28. The van der Waals surface area contributed by atoms with E-state index in [1.807, 2.05) is 30.5 Å². The van der Waals surface area contributed by atoms with E-state index < -0.39 is 5.82 Å². The Balaban J connectivity index is 1.96. The fourth-order valence-electron chi connectivity index (χ4n) is 2.41. The molecule has 3 rings (SSSR count). The van der Waals surface area contributed by atoms with E-state index in [0.717, 1.165) is 22.2 Å². The molecule has 4 nitrogen and oxygen atoms in total. The van der Waals surface area contributed by atoms with E-state index in [1.54, 1.807) is 23.5 Å². The fraction of sp³-hybridized carbons (Fsp3) is 0.111. The van der Waals surface area contributed by atoms with Crippen LogP contribution in [0.2, 0.25) is 0 Å². The van der Waals surface area contributed by atoms with Gasteiger partial charge in [-0.3, -0.25) is 9.78 Å². The van der Waals surface area contributed by atoms with Crippen LogP contribution in [-0.2, 0) is 0 Å². The number of nitrogens with two attached hydrogens (primary N) is 1. The van der Waals surface area contributed by atoms with E-state index >= 15 is 0 Å². The number of halogens is 1. The van der Waals surface area contributed by atoms with Gasteiger partial charge in [0.25, 0.3) is 5.91 Å². The van der Waals surface area contributed by atoms with Crippen molar-refractivity contribution in [3.63, 3.8) is 0 Å². The Labute approximate surface area is 143 Å². The molecule has 0 fully saturated rings. The molecule has 2 aromatic heterocycles. The van der Waals surface area contributed by atoms with Gasteiger partial charge in [-0.1, -0.05) is 12.1 Å². The number of hydrogen-bond acceptors (Lipinski definition) is 4. The SMILES string of the molecule is CC(N)c1ccc(C(=O)Nc2ccncc2F)cc1-c1cccs1. The van der Waals surface area contributed by atoms with Crippen molar-refractivity contribution >= 4 is 22.9 Å². The Kier molecular flexibility index (Phi) is 4.69. The average Bonchev–Trinajstić information content (AvgIpc) is 3.10. The van der Waals surface area contributed by atoms with Gasteiger partial charge in [-0.25, -0.2) is 4.39 Å². The molecule has 1 unspecified atom stereocenters. The van der Waals surface area contributed by atoms with Gasteiger partial charge in [0, 0.05) is 22.7 Å². The summed E-state index contributed by atoms with van der Waals surface area (Å²) in [5.74, 6) is -0.953. The standard InChI is InChI=1S/C18H16FN3OS/c1-11(20)13-5-4-12(9-14(13)17-3-2-8-24-17)18(23)22-16-6-7-21-10-15(16)19/h2-11H,20H2,1H3,(H,21,22,23). The highest BCUT2D eigenvalue weighted by Gasteiger charge is 2.15. The van der Waals surface area contributed by atoms with Gasteiger partial charge in [-0.2, -0.15) is 0 Å². The summed E-state index contributed by atoms with van der Waals surface area (Å²) in [6, 6.07) is 10.5. The zero-order chi connectivity index (χ0) is 17.1.